The third-order valence-corrected chi connectivity index (χ3v) is 5.21. The highest BCUT2D eigenvalue weighted by atomic mass is 16.2. The Balaban J connectivity index is 1.65. The molecule has 0 radical (unpaired) electrons. The van der Waals surface area contributed by atoms with Crippen LogP contribution in [0, 0.1) is 5.92 Å². The molecule has 1 aromatic carbocycles. The summed E-state index contributed by atoms with van der Waals surface area (Å²) in [5.74, 6) is 0.0407. The Morgan fingerprint density at radius 2 is 2.00 bits per heavy atom. The topological polar surface area (TPSA) is 65.5 Å². The molecule has 0 unspecified atom stereocenters. The van der Waals surface area contributed by atoms with Gasteiger partial charge in [0.05, 0.1) is 11.6 Å². The van der Waals surface area contributed by atoms with E-state index in [-0.39, 0.29) is 17.9 Å². The number of piperidine rings is 1. The molecule has 1 aliphatic rings. The van der Waals surface area contributed by atoms with Crippen molar-refractivity contribution < 1.29 is 9.59 Å². The van der Waals surface area contributed by atoms with Gasteiger partial charge < -0.3 is 15.1 Å². The van der Waals surface area contributed by atoms with Gasteiger partial charge in [0, 0.05) is 43.6 Å². The third kappa shape index (κ3) is 4.68. The van der Waals surface area contributed by atoms with Gasteiger partial charge in [-0.1, -0.05) is 18.2 Å². The van der Waals surface area contributed by atoms with Crippen LogP contribution in [0.3, 0.4) is 0 Å². The van der Waals surface area contributed by atoms with E-state index >= 15 is 0 Å². The van der Waals surface area contributed by atoms with Crippen molar-refractivity contribution in [1.29, 1.82) is 0 Å². The fraction of sp³-hybridized carbons (Fsp3) is 0.409. The summed E-state index contributed by atoms with van der Waals surface area (Å²) in [6, 6.07) is 13.3. The van der Waals surface area contributed by atoms with E-state index in [4.69, 9.17) is 0 Å². The van der Waals surface area contributed by atoms with Crippen molar-refractivity contribution in [3.05, 3.63) is 48.7 Å². The van der Waals surface area contributed by atoms with Gasteiger partial charge in [0.1, 0.15) is 0 Å². The Hall–Kier alpha value is -2.89. The normalized spacial score (nSPS) is 16.5. The van der Waals surface area contributed by atoms with Crippen molar-refractivity contribution in [3.63, 3.8) is 0 Å². The molecule has 1 saturated heterocycles. The van der Waals surface area contributed by atoms with E-state index in [2.05, 4.69) is 10.3 Å². The second kappa shape index (κ2) is 9.35. The minimum absolute atomic E-state index is 0.112. The van der Waals surface area contributed by atoms with Gasteiger partial charge in [0.2, 0.25) is 5.91 Å². The van der Waals surface area contributed by atoms with Gasteiger partial charge in [-0.3, -0.25) is 9.78 Å². The molecule has 6 nitrogen and oxygen atoms in total. The van der Waals surface area contributed by atoms with E-state index < -0.39 is 0 Å². The molecule has 1 fully saturated rings. The van der Waals surface area contributed by atoms with Crippen molar-refractivity contribution in [2.45, 2.75) is 26.7 Å². The van der Waals surface area contributed by atoms with E-state index in [0.29, 0.717) is 26.2 Å². The van der Waals surface area contributed by atoms with Crippen LogP contribution in [0.5, 0.6) is 0 Å². The van der Waals surface area contributed by atoms with Gasteiger partial charge in [-0.15, -0.1) is 0 Å². The molecule has 2 heterocycles. The van der Waals surface area contributed by atoms with Crippen LogP contribution in [-0.2, 0) is 4.79 Å². The molecule has 0 bridgehead atoms. The molecule has 1 N–H and O–H groups in total. The Bertz CT molecular complexity index is 805. The number of nitrogens with one attached hydrogen (secondary N) is 1. The smallest absolute Gasteiger partial charge is 0.321 e. The van der Waals surface area contributed by atoms with Crippen LogP contribution in [0.4, 0.5) is 10.5 Å². The quantitative estimate of drug-likeness (QED) is 0.857. The molecule has 3 rings (SSSR count). The Morgan fingerprint density at radius 1 is 1.18 bits per heavy atom. The number of carbonyl (C=O) groups is 2. The highest BCUT2D eigenvalue weighted by Crippen LogP contribution is 2.23. The predicted octanol–water partition coefficient (Wildman–Crippen LogP) is 3.86. The fourth-order valence-corrected chi connectivity index (χ4v) is 3.65. The number of carbonyl (C=O) groups excluding carboxylic acids is 2. The molecular formula is C22H28N4O2. The first-order valence-electron chi connectivity index (χ1n) is 9.98. The van der Waals surface area contributed by atoms with Crippen LogP contribution in [0.1, 0.15) is 26.7 Å². The molecule has 28 heavy (non-hydrogen) atoms. The molecule has 0 spiro atoms. The number of benzene rings is 1. The molecule has 2 aromatic rings. The molecule has 148 valence electrons. The molecule has 6 heteroatoms. The van der Waals surface area contributed by atoms with Gasteiger partial charge in [-0.2, -0.15) is 0 Å². The minimum atomic E-state index is -0.157. The van der Waals surface area contributed by atoms with Crippen molar-refractivity contribution >= 4 is 17.6 Å². The van der Waals surface area contributed by atoms with Crippen molar-refractivity contribution in [2.75, 3.05) is 31.5 Å². The zero-order chi connectivity index (χ0) is 19.9. The largest absolute Gasteiger partial charge is 0.343 e. The number of anilines is 1. The van der Waals surface area contributed by atoms with E-state index in [1.54, 1.807) is 11.1 Å². The number of amides is 3. The maximum Gasteiger partial charge on any atom is 0.321 e. The van der Waals surface area contributed by atoms with E-state index in [9.17, 15) is 9.59 Å². The summed E-state index contributed by atoms with van der Waals surface area (Å²) in [4.78, 5) is 33.4. The third-order valence-electron chi connectivity index (χ3n) is 5.21. The lowest BCUT2D eigenvalue weighted by Crippen LogP contribution is -2.47. The van der Waals surface area contributed by atoms with Gasteiger partial charge in [0.25, 0.3) is 0 Å². The lowest BCUT2D eigenvalue weighted by molar-refractivity contribution is -0.136. The van der Waals surface area contributed by atoms with E-state index in [1.165, 1.54) is 0 Å². The molecular weight excluding hydrogens is 352 g/mol. The van der Waals surface area contributed by atoms with Crippen LogP contribution >= 0.6 is 0 Å². The van der Waals surface area contributed by atoms with E-state index in [1.807, 2.05) is 61.2 Å². The zero-order valence-corrected chi connectivity index (χ0v) is 16.6. The number of rotatable bonds is 5. The molecule has 0 saturated carbocycles. The van der Waals surface area contributed by atoms with Gasteiger partial charge in [-0.05, 0) is 51.0 Å². The Kier molecular flexibility index (Phi) is 6.63. The first-order chi connectivity index (χ1) is 13.6. The molecule has 0 aliphatic carbocycles. The first kappa shape index (κ1) is 19.9. The lowest BCUT2D eigenvalue weighted by Gasteiger charge is -2.34. The highest BCUT2D eigenvalue weighted by Gasteiger charge is 2.30. The van der Waals surface area contributed by atoms with Crippen LogP contribution in [0.15, 0.2) is 48.7 Å². The number of likely N-dealkylation sites (tertiary alicyclic amines) is 1. The van der Waals surface area contributed by atoms with Gasteiger partial charge in [0.15, 0.2) is 0 Å². The van der Waals surface area contributed by atoms with Gasteiger partial charge >= 0.3 is 6.03 Å². The molecule has 1 aromatic heterocycles. The van der Waals surface area contributed by atoms with E-state index in [0.717, 1.165) is 29.8 Å². The van der Waals surface area contributed by atoms with Crippen molar-refractivity contribution in [2.24, 2.45) is 5.92 Å². The number of urea groups is 1. The zero-order valence-electron chi connectivity index (χ0n) is 16.6. The summed E-state index contributed by atoms with van der Waals surface area (Å²) in [7, 11) is 0. The maximum atomic E-state index is 12.8. The summed E-state index contributed by atoms with van der Waals surface area (Å²) in [5.41, 5.74) is 2.54. The second-order valence-corrected chi connectivity index (χ2v) is 7.02. The molecule has 1 atom stereocenters. The standard InChI is InChI=1S/C22H28N4O2/c1-3-25(4-2)21(27)18-10-8-14-26(16-18)22(28)24-19-11-7-9-17(15-19)20-12-5-6-13-23-20/h5-7,9,11-13,15,18H,3-4,8,10,14,16H2,1-2H3,(H,24,28)/t18-/m1/s1. The average molecular weight is 380 g/mol. The molecule has 3 amide bonds. The number of hydrogen-bond donors (Lipinski definition) is 1. The maximum absolute atomic E-state index is 12.8. The minimum Gasteiger partial charge on any atom is -0.343 e. The summed E-state index contributed by atoms with van der Waals surface area (Å²) >= 11 is 0. The van der Waals surface area contributed by atoms with Crippen LogP contribution in [-0.4, -0.2) is 52.9 Å². The average Bonchev–Trinajstić information content (AvgIpc) is 2.75. The van der Waals surface area contributed by atoms with Crippen LogP contribution in [0.25, 0.3) is 11.3 Å². The predicted molar refractivity (Wildman–Crippen MR) is 111 cm³/mol. The summed E-state index contributed by atoms with van der Waals surface area (Å²) < 4.78 is 0. The summed E-state index contributed by atoms with van der Waals surface area (Å²) in [6.45, 7) is 6.54. The number of aromatic nitrogens is 1. The monoisotopic (exact) mass is 380 g/mol. The van der Waals surface area contributed by atoms with Crippen LogP contribution in [0.2, 0.25) is 0 Å². The second-order valence-electron chi connectivity index (χ2n) is 7.02. The first-order valence-corrected chi connectivity index (χ1v) is 9.98. The highest BCUT2D eigenvalue weighted by molar-refractivity contribution is 5.90. The SMILES string of the molecule is CCN(CC)C(=O)[C@@H]1CCCN(C(=O)Nc2cccc(-c3ccccn3)c2)C1. The molecule has 1 aliphatic heterocycles. The van der Waals surface area contributed by atoms with Crippen molar-refractivity contribution in [3.8, 4) is 11.3 Å². The Morgan fingerprint density at radius 3 is 2.71 bits per heavy atom. The van der Waals surface area contributed by atoms with Crippen molar-refractivity contribution in [1.82, 2.24) is 14.8 Å². The van der Waals surface area contributed by atoms with Crippen LogP contribution < -0.4 is 5.32 Å². The lowest BCUT2D eigenvalue weighted by atomic mass is 9.96. The Labute approximate surface area is 166 Å². The number of nitrogens with zero attached hydrogens (tertiary/aromatic N) is 3. The van der Waals surface area contributed by atoms with Gasteiger partial charge in [-0.25, -0.2) is 4.79 Å². The summed E-state index contributed by atoms with van der Waals surface area (Å²) in [5, 5.41) is 2.97. The summed E-state index contributed by atoms with van der Waals surface area (Å²) in [6.07, 6.45) is 3.44. The number of hydrogen-bond acceptors (Lipinski definition) is 3. The fourth-order valence-electron chi connectivity index (χ4n) is 3.65. The number of pyridine rings is 1.